The Morgan fingerprint density at radius 2 is 2.39 bits per heavy atom. The minimum Gasteiger partial charge on any atom is -0.378 e. The molecular weight excluding hydrogens is 312 g/mol. The second kappa shape index (κ2) is 7.38. The number of thiophene rings is 1. The van der Waals surface area contributed by atoms with E-state index in [1.807, 2.05) is 24.4 Å². The molecule has 5 nitrogen and oxygen atoms in total. The Hall–Kier alpha value is -1.50. The number of ketones is 1. The highest BCUT2D eigenvalue weighted by Crippen LogP contribution is 2.22. The molecule has 1 atom stereocenters. The van der Waals surface area contributed by atoms with E-state index in [0.29, 0.717) is 19.6 Å². The molecule has 1 aliphatic heterocycles. The summed E-state index contributed by atoms with van der Waals surface area (Å²) in [5.41, 5.74) is 2.17. The largest absolute Gasteiger partial charge is 0.378 e. The zero-order valence-corrected chi connectivity index (χ0v) is 14.4. The fourth-order valence-corrected chi connectivity index (χ4v) is 3.63. The van der Waals surface area contributed by atoms with Crippen molar-refractivity contribution in [2.45, 2.75) is 39.3 Å². The number of morpholine rings is 1. The number of hydrogen-bond donors (Lipinski definition) is 0. The van der Waals surface area contributed by atoms with E-state index < -0.39 is 0 Å². The Balaban J connectivity index is 1.71. The van der Waals surface area contributed by atoms with Crippen LogP contribution < -0.4 is 0 Å². The number of aromatic nitrogens is 1. The van der Waals surface area contributed by atoms with Crippen molar-refractivity contribution in [3.63, 3.8) is 0 Å². The van der Waals surface area contributed by atoms with E-state index in [2.05, 4.69) is 17.0 Å². The average Bonchev–Trinajstić information content (AvgIpc) is 3.20. The van der Waals surface area contributed by atoms with Gasteiger partial charge in [-0.15, -0.1) is 11.3 Å². The first-order valence-corrected chi connectivity index (χ1v) is 8.89. The van der Waals surface area contributed by atoms with Crippen LogP contribution in [0.4, 0.5) is 0 Å². The lowest BCUT2D eigenvalue weighted by molar-refractivity contribution is -0.0128. The zero-order chi connectivity index (χ0) is 16.2. The van der Waals surface area contributed by atoms with Gasteiger partial charge in [-0.05, 0) is 24.8 Å². The van der Waals surface area contributed by atoms with Crippen LogP contribution in [0.1, 0.15) is 40.0 Å². The maximum atomic E-state index is 12.4. The second-order valence-electron chi connectivity index (χ2n) is 5.82. The Kier molecular flexibility index (Phi) is 5.25. The molecule has 0 saturated carbocycles. The van der Waals surface area contributed by atoms with Crippen molar-refractivity contribution in [3.8, 4) is 0 Å². The monoisotopic (exact) mass is 334 g/mol. The quantitative estimate of drug-likeness (QED) is 0.760. The minimum atomic E-state index is 0.109. The SMILES string of the molecule is CCc1noc(C)c1CN1CCOC[C@@H]1CC(=O)c1cccs1. The van der Waals surface area contributed by atoms with Crippen LogP contribution in [-0.2, 0) is 17.7 Å². The molecule has 0 spiro atoms. The molecule has 3 heterocycles. The summed E-state index contributed by atoms with van der Waals surface area (Å²) < 4.78 is 10.9. The molecule has 2 aromatic rings. The molecule has 0 unspecified atom stereocenters. The van der Waals surface area contributed by atoms with E-state index >= 15 is 0 Å². The van der Waals surface area contributed by atoms with Crippen molar-refractivity contribution in [2.24, 2.45) is 0 Å². The molecule has 3 rings (SSSR count). The summed E-state index contributed by atoms with van der Waals surface area (Å²) in [6, 6.07) is 3.92. The molecule has 6 heteroatoms. The first kappa shape index (κ1) is 16.4. The van der Waals surface area contributed by atoms with Gasteiger partial charge in [-0.2, -0.15) is 0 Å². The van der Waals surface area contributed by atoms with Crippen molar-refractivity contribution in [3.05, 3.63) is 39.4 Å². The van der Waals surface area contributed by atoms with E-state index in [4.69, 9.17) is 9.26 Å². The summed E-state index contributed by atoms with van der Waals surface area (Å²) in [5, 5.41) is 6.07. The van der Waals surface area contributed by atoms with E-state index in [1.54, 1.807) is 0 Å². The third-order valence-corrected chi connectivity index (χ3v) is 5.24. The Labute approximate surface area is 140 Å². The topological polar surface area (TPSA) is 55.6 Å². The summed E-state index contributed by atoms with van der Waals surface area (Å²) in [7, 11) is 0. The Bertz CT molecular complexity index is 651. The van der Waals surface area contributed by atoms with Gasteiger partial charge in [0.05, 0.1) is 23.8 Å². The van der Waals surface area contributed by atoms with Crippen LogP contribution in [0.5, 0.6) is 0 Å². The predicted octanol–water partition coefficient (Wildman–Crippen LogP) is 3.08. The number of hydrogen-bond acceptors (Lipinski definition) is 6. The zero-order valence-electron chi connectivity index (χ0n) is 13.6. The smallest absolute Gasteiger partial charge is 0.174 e. The van der Waals surface area contributed by atoms with E-state index in [-0.39, 0.29) is 11.8 Å². The number of carbonyl (C=O) groups excluding carboxylic acids is 1. The lowest BCUT2D eigenvalue weighted by atomic mass is 10.0. The molecule has 1 fully saturated rings. The van der Waals surface area contributed by atoms with Crippen molar-refractivity contribution in [1.29, 1.82) is 0 Å². The van der Waals surface area contributed by atoms with Crippen LogP contribution >= 0.6 is 11.3 Å². The third kappa shape index (κ3) is 3.71. The highest BCUT2D eigenvalue weighted by atomic mass is 32.1. The van der Waals surface area contributed by atoms with Gasteiger partial charge in [0.15, 0.2) is 5.78 Å². The van der Waals surface area contributed by atoms with E-state index in [9.17, 15) is 4.79 Å². The maximum absolute atomic E-state index is 12.4. The molecular formula is C17H22N2O3S. The van der Waals surface area contributed by atoms with Gasteiger partial charge >= 0.3 is 0 Å². The predicted molar refractivity (Wildman–Crippen MR) is 88.9 cm³/mol. The molecule has 0 amide bonds. The molecule has 0 radical (unpaired) electrons. The highest BCUT2D eigenvalue weighted by molar-refractivity contribution is 7.12. The van der Waals surface area contributed by atoms with Crippen LogP contribution in [0, 0.1) is 6.92 Å². The second-order valence-corrected chi connectivity index (χ2v) is 6.77. The average molecular weight is 334 g/mol. The number of carbonyl (C=O) groups is 1. The van der Waals surface area contributed by atoms with Gasteiger partial charge in [-0.1, -0.05) is 18.1 Å². The van der Waals surface area contributed by atoms with Crippen LogP contribution in [0.25, 0.3) is 0 Å². The number of ether oxygens (including phenoxy) is 1. The van der Waals surface area contributed by atoms with Crippen LogP contribution in [-0.4, -0.2) is 41.6 Å². The molecule has 0 aliphatic carbocycles. The Morgan fingerprint density at radius 1 is 1.52 bits per heavy atom. The first-order valence-electron chi connectivity index (χ1n) is 8.01. The Morgan fingerprint density at radius 3 is 3.13 bits per heavy atom. The number of Topliss-reactive ketones (excluding diaryl/α,β-unsaturated/α-hetero) is 1. The number of rotatable bonds is 6. The summed E-state index contributed by atoms with van der Waals surface area (Å²) in [6.45, 7) is 6.93. The van der Waals surface area contributed by atoms with Crippen molar-refractivity contribution >= 4 is 17.1 Å². The van der Waals surface area contributed by atoms with E-state index in [1.165, 1.54) is 11.3 Å². The molecule has 1 aliphatic rings. The van der Waals surface area contributed by atoms with Crippen molar-refractivity contribution in [2.75, 3.05) is 19.8 Å². The molecule has 1 saturated heterocycles. The van der Waals surface area contributed by atoms with Gasteiger partial charge < -0.3 is 9.26 Å². The van der Waals surface area contributed by atoms with Gasteiger partial charge in [-0.3, -0.25) is 9.69 Å². The van der Waals surface area contributed by atoms with Gasteiger partial charge in [0, 0.05) is 31.1 Å². The van der Waals surface area contributed by atoms with Crippen molar-refractivity contribution in [1.82, 2.24) is 10.1 Å². The summed E-state index contributed by atoms with van der Waals surface area (Å²) in [4.78, 5) is 15.6. The molecule has 0 bridgehead atoms. The number of aryl methyl sites for hydroxylation is 2. The lowest BCUT2D eigenvalue weighted by Gasteiger charge is -2.35. The molecule has 0 N–H and O–H groups in total. The van der Waals surface area contributed by atoms with Crippen molar-refractivity contribution < 1.29 is 14.1 Å². The van der Waals surface area contributed by atoms with Gasteiger partial charge in [0.2, 0.25) is 0 Å². The number of nitrogens with zero attached hydrogens (tertiary/aromatic N) is 2. The van der Waals surface area contributed by atoms with Crippen LogP contribution in [0.2, 0.25) is 0 Å². The molecule has 0 aromatic carbocycles. The van der Waals surface area contributed by atoms with Gasteiger partial charge in [0.25, 0.3) is 0 Å². The van der Waals surface area contributed by atoms with Gasteiger partial charge in [-0.25, -0.2) is 0 Å². The normalized spacial score (nSPS) is 19.1. The third-order valence-electron chi connectivity index (χ3n) is 4.33. The standard InChI is InChI=1S/C17H22N2O3S/c1-3-15-14(12(2)22-18-15)10-19-6-7-21-11-13(19)9-16(20)17-5-4-8-23-17/h4-5,8,13H,3,6-7,9-11H2,1-2H3/t13-/m0/s1. The fourth-order valence-electron chi connectivity index (χ4n) is 2.96. The molecule has 23 heavy (non-hydrogen) atoms. The highest BCUT2D eigenvalue weighted by Gasteiger charge is 2.28. The maximum Gasteiger partial charge on any atom is 0.174 e. The summed E-state index contributed by atoms with van der Waals surface area (Å²) in [6.07, 6.45) is 1.35. The van der Waals surface area contributed by atoms with Crippen LogP contribution in [0.15, 0.2) is 22.0 Å². The van der Waals surface area contributed by atoms with Crippen LogP contribution in [0.3, 0.4) is 0 Å². The fraction of sp³-hybridized carbons (Fsp3) is 0.529. The molecule has 124 valence electrons. The van der Waals surface area contributed by atoms with E-state index in [0.717, 1.165) is 41.4 Å². The first-order chi connectivity index (χ1) is 11.2. The summed E-state index contributed by atoms with van der Waals surface area (Å²) in [5.74, 6) is 1.06. The van der Waals surface area contributed by atoms with Gasteiger partial charge in [0.1, 0.15) is 5.76 Å². The molecule has 2 aromatic heterocycles. The minimum absolute atomic E-state index is 0.109. The lowest BCUT2D eigenvalue weighted by Crippen LogP contribution is -2.46. The summed E-state index contributed by atoms with van der Waals surface area (Å²) >= 11 is 1.50.